The summed E-state index contributed by atoms with van der Waals surface area (Å²) < 4.78 is 20.7. The van der Waals surface area contributed by atoms with Crippen molar-refractivity contribution in [3.05, 3.63) is 40.5 Å². The number of amides is 1. The molecule has 198 valence electrons. The molecule has 2 saturated carbocycles. The average Bonchev–Trinajstić information content (AvgIpc) is 3.39. The lowest BCUT2D eigenvalue weighted by molar-refractivity contribution is 0.0407. The Bertz CT molecular complexity index is 1220. The molecule has 9 heteroatoms. The number of ether oxygens (including phenoxy) is 1. The van der Waals surface area contributed by atoms with E-state index in [9.17, 15) is 9.18 Å². The summed E-state index contributed by atoms with van der Waals surface area (Å²) in [5.41, 5.74) is 2.75. The number of alkyl halides is 1. The van der Waals surface area contributed by atoms with Gasteiger partial charge in [-0.3, -0.25) is 9.48 Å². The molecule has 2 aromatic heterocycles. The second-order valence-corrected chi connectivity index (χ2v) is 12.1. The summed E-state index contributed by atoms with van der Waals surface area (Å²) in [7, 11) is 1.89. The quantitative estimate of drug-likeness (QED) is 0.485. The standard InChI is InChI=1S/C28H36FN5O2S/c1-33-17-23-22(3-2-4-24(23)32-33)27(35)30-20-7-5-18(6-8-20)9-12-34-13-10-25-26(11-14-34)37-28(31-25)36-21-15-19(29)16-21/h2-4,17-21H,5-16H2,1H3,(H,30,35). The van der Waals surface area contributed by atoms with E-state index < -0.39 is 6.17 Å². The van der Waals surface area contributed by atoms with Crippen molar-refractivity contribution in [1.29, 1.82) is 0 Å². The summed E-state index contributed by atoms with van der Waals surface area (Å²) in [6, 6.07) is 6.00. The topological polar surface area (TPSA) is 72.3 Å². The molecule has 3 heterocycles. The highest BCUT2D eigenvalue weighted by Crippen LogP contribution is 2.34. The molecule has 1 amide bonds. The first-order valence-electron chi connectivity index (χ1n) is 13.7. The van der Waals surface area contributed by atoms with Gasteiger partial charge in [0.15, 0.2) is 0 Å². The van der Waals surface area contributed by atoms with Gasteiger partial charge < -0.3 is 15.0 Å². The monoisotopic (exact) mass is 525 g/mol. The molecule has 3 aliphatic rings. The van der Waals surface area contributed by atoms with Crippen LogP contribution in [0.1, 0.15) is 65.9 Å². The highest BCUT2D eigenvalue weighted by molar-refractivity contribution is 7.13. The molecular formula is C28H36FN5O2S. The van der Waals surface area contributed by atoms with Crippen molar-refractivity contribution in [1.82, 2.24) is 25.0 Å². The van der Waals surface area contributed by atoms with Crippen molar-refractivity contribution in [2.45, 2.75) is 76.1 Å². The molecule has 1 aliphatic heterocycles. The summed E-state index contributed by atoms with van der Waals surface area (Å²) in [6.07, 6.45) is 9.91. The summed E-state index contributed by atoms with van der Waals surface area (Å²) in [4.78, 5) is 21.6. The minimum atomic E-state index is -0.696. The van der Waals surface area contributed by atoms with Gasteiger partial charge in [-0.05, 0) is 63.1 Å². The predicted octanol–water partition coefficient (Wildman–Crippen LogP) is 4.69. The zero-order chi connectivity index (χ0) is 25.4. The maximum absolute atomic E-state index is 13.1. The molecule has 37 heavy (non-hydrogen) atoms. The van der Waals surface area contributed by atoms with E-state index in [1.807, 2.05) is 31.4 Å². The van der Waals surface area contributed by atoms with Crippen LogP contribution in [0.25, 0.3) is 10.9 Å². The number of benzene rings is 1. The van der Waals surface area contributed by atoms with E-state index in [-0.39, 0.29) is 18.1 Å². The van der Waals surface area contributed by atoms with Crippen molar-refractivity contribution in [2.24, 2.45) is 13.0 Å². The second kappa shape index (κ2) is 10.7. The van der Waals surface area contributed by atoms with E-state index in [1.54, 1.807) is 16.0 Å². The molecular weight excluding hydrogens is 489 g/mol. The van der Waals surface area contributed by atoms with Gasteiger partial charge in [-0.25, -0.2) is 9.37 Å². The van der Waals surface area contributed by atoms with Crippen molar-refractivity contribution in [2.75, 3.05) is 19.6 Å². The third-order valence-electron chi connectivity index (χ3n) is 8.33. The van der Waals surface area contributed by atoms with Gasteiger partial charge in [-0.1, -0.05) is 17.4 Å². The molecule has 2 aliphatic carbocycles. The zero-order valence-electron chi connectivity index (χ0n) is 21.5. The second-order valence-electron chi connectivity index (χ2n) is 11.0. The van der Waals surface area contributed by atoms with Crippen LogP contribution in [0.3, 0.4) is 0 Å². The Labute approximate surface area is 221 Å². The molecule has 6 rings (SSSR count). The van der Waals surface area contributed by atoms with Gasteiger partial charge >= 0.3 is 0 Å². The maximum atomic E-state index is 13.1. The van der Waals surface area contributed by atoms with Crippen LogP contribution in [0.4, 0.5) is 4.39 Å². The number of hydrogen-bond acceptors (Lipinski definition) is 6. The normalized spacial score (nSPS) is 26.3. The third-order valence-corrected chi connectivity index (χ3v) is 9.38. The fourth-order valence-corrected chi connectivity index (χ4v) is 6.99. The highest BCUT2D eigenvalue weighted by atomic mass is 32.1. The van der Waals surface area contributed by atoms with Crippen LogP contribution in [0.2, 0.25) is 0 Å². The number of nitrogens with one attached hydrogen (secondary N) is 1. The van der Waals surface area contributed by atoms with Crippen LogP contribution in [-0.2, 0) is 19.9 Å². The number of nitrogens with zero attached hydrogens (tertiary/aromatic N) is 4. The number of halogens is 1. The molecule has 0 spiro atoms. The van der Waals surface area contributed by atoms with E-state index in [0.29, 0.717) is 18.4 Å². The fraction of sp³-hybridized carbons (Fsp3) is 0.607. The van der Waals surface area contributed by atoms with Crippen LogP contribution in [0, 0.1) is 5.92 Å². The van der Waals surface area contributed by atoms with E-state index in [4.69, 9.17) is 9.72 Å². The Morgan fingerprint density at radius 3 is 2.81 bits per heavy atom. The van der Waals surface area contributed by atoms with Gasteiger partial charge in [0.25, 0.3) is 11.1 Å². The van der Waals surface area contributed by atoms with Crippen LogP contribution < -0.4 is 10.1 Å². The molecule has 0 bridgehead atoms. The Morgan fingerprint density at radius 1 is 1.19 bits per heavy atom. The highest BCUT2D eigenvalue weighted by Gasteiger charge is 2.32. The SMILES string of the molecule is Cn1cc2c(C(=O)NC3CCC(CCN4CCc5nc(OC6CC(F)C6)sc5CC4)CC3)cccc2n1. The van der Waals surface area contributed by atoms with Crippen LogP contribution in [0.15, 0.2) is 24.4 Å². The van der Waals surface area contributed by atoms with Crippen molar-refractivity contribution in [3.8, 4) is 5.19 Å². The Balaban J connectivity index is 0.929. The number of fused-ring (bicyclic) bond motifs is 2. The lowest BCUT2D eigenvalue weighted by Crippen LogP contribution is -2.38. The Hall–Kier alpha value is -2.52. The first-order valence-corrected chi connectivity index (χ1v) is 14.6. The zero-order valence-corrected chi connectivity index (χ0v) is 22.3. The first-order chi connectivity index (χ1) is 18.0. The number of rotatable bonds is 7. The molecule has 1 N–H and O–H groups in total. The van der Waals surface area contributed by atoms with Gasteiger partial charge in [-0.2, -0.15) is 5.10 Å². The first kappa shape index (κ1) is 24.8. The molecule has 7 nitrogen and oxygen atoms in total. The lowest BCUT2D eigenvalue weighted by atomic mass is 9.84. The Kier molecular flexibility index (Phi) is 7.16. The van der Waals surface area contributed by atoms with Crippen LogP contribution >= 0.6 is 11.3 Å². The van der Waals surface area contributed by atoms with E-state index in [2.05, 4.69) is 15.3 Å². The minimum absolute atomic E-state index is 0.0141. The van der Waals surface area contributed by atoms with E-state index in [1.165, 1.54) is 29.8 Å². The number of carbonyl (C=O) groups is 1. The van der Waals surface area contributed by atoms with Gasteiger partial charge in [-0.15, -0.1) is 0 Å². The van der Waals surface area contributed by atoms with Gasteiger partial charge in [0.1, 0.15) is 12.3 Å². The smallest absolute Gasteiger partial charge is 0.273 e. The van der Waals surface area contributed by atoms with Crippen molar-refractivity contribution < 1.29 is 13.9 Å². The third kappa shape index (κ3) is 5.67. The lowest BCUT2D eigenvalue weighted by Gasteiger charge is -2.31. The number of carbonyl (C=O) groups excluding carboxylic acids is 1. The molecule has 2 fully saturated rings. The summed E-state index contributed by atoms with van der Waals surface area (Å²) in [5, 5.41) is 9.35. The summed E-state index contributed by atoms with van der Waals surface area (Å²) in [5.74, 6) is 0.743. The molecule has 3 aromatic rings. The maximum Gasteiger partial charge on any atom is 0.273 e. The molecule has 0 radical (unpaired) electrons. The summed E-state index contributed by atoms with van der Waals surface area (Å²) in [6.45, 7) is 3.23. The Morgan fingerprint density at radius 2 is 2.00 bits per heavy atom. The molecule has 0 atom stereocenters. The van der Waals surface area contributed by atoms with E-state index in [0.717, 1.165) is 67.3 Å². The van der Waals surface area contributed by atoms with Crippen molar-refractivity contribution in [3.63, 3.8) is 0 Å². The van der Waals surface area contributed by atoms with Gasteiger partial charge in [0.2, 0.25) is 0 Å². The largest absolute Gasteiger partial charge is 0.466 e. The number of aryl methyl sites for hydroxylation is 1. The molecule has 0 saturated heterocycles. The number of aromatic nitrogens is 3. The fourth-order valence-electron chi connectivity index (χ4n) is 5.98. The predicted molar refractivity (Wildman–Crippen MR) is 143 cm³/mol. The average molecular weight is 526 g/mol. The molecule has 1 aromatic carbocycles. The number of thiazole rings is 1. The molecule has 0 unspecified atom stereocenters. The minimum Gasteiger partial charge on any atom is -0.466 e. The van der Waals surface area contributed by atoms with Crippen LogP contribution in [-0.4, -0.2) is 63.5 Å². The van der Waals surface area contributed by atoms with Gasteiger partial charge in [0, 0.05) is 61.9 Å². The summed E-state index contributed by atoms with van der Waals surface area (Å²) >= 11 is 1.66. The van der Waals surface area contributed by atoms with Crippen molar-refractivity contribution >= 4 is 28.1 Å². The van der Waals surface area contributed by atoms with E-state index >= 15 is 0 Å². The van der Waals surface area contributed by atoms with Crippen LogP contribution in [0.5, 0.6) is 5.19 Å². The van der Waals surface area contributed by atoms with Gasteiger partial charge in [0.05, 0.1) is 16.8 Å². The number of hydrogen-bond donors (Lipinski definition) is 1.